The van der Waals surface area contributed by atoms with Gasteiger partial charge in [0.1, 0.15) is 12.2 Å². The van der Waals surface area contributed by atoms with Gasteiger partial charge < -0.3 is 9.47 Å². The molecule has 0 N–H and O–H groups in total. The molecule has 4 nitrogen and oxygen atoms in total. The molecule has 0 saturated heterocycles. The summed E-state index contributed by atoms with van der Waals surface area (Å²) < 4.78 is 11.1. The molecule has 0 aliphatic carbocycles. The van der Waals surface area contributed by atoms with Crippen LogP contribution in [0.4, 0.5) is 0 Å². The zero-order chi connectivity index (χ0) is 26.8. The Morgan fingerprint density at radius 3 is 1.69 bits per heavy atom. The minimum atomic E-state index is -0.363. The minimum Gasteiger partial charge on any atom is -0.459 e. The van der Waals surface area contributed by atoms with Gasteiger partial charge in [-0.05, 0) is 62.3 Å². The Morgan fingerprint density at radius 2 is 1.28 bits per heavy atom. The summed E-state index contributed by atoms with van der Waals surface area (Å²) >= 11 is 0. The van der Waals surface area contributed by atoms with E-state index in [1.54, 1.807) is 48.5 Å². The molecule has 0 aromatic heterocycles. The van der Waals surface area contributed by atoms with E-state index in [2.05, 4.69) is 33.4 Å². The lowest BCUT2D eigenvalue weighted by molar-refractivity contribution is 0.00162. The first-order valence-corrected chi connectivity index (χ1v) is 13.5. The van der Waals surface area contributed by atoms with Gasteiger partial charge >= 0.3 is 11.9 Å². The monoisotopic (exact) mass is 494 g/mol. The highest BCUT2D eigenvalue weighted by molar-refractivity contribution is 5.90. The van der Waals surface area contributed by atoms with Crippen LogP contribution in [0.1, 0.15) is 100 Å². The van der Waals surface area contributed by atoms with Crippen molar-refractivity contribution in [3.05, 3.63) is 84.4 Å². The van der Waals surface area contributed by atoms with Gasteiger partial charge in [-0.15, -0.1) is 6.58 Å². The molecule has 4 heteroatoms. The fraction of sp³-hybridized carbons (Fsp3) is 0.500. The van der Waals surface area contributed by atoms with E-state index in [1.807, 2.05) is 26.0 Å². The number of ether oxygens (including phenoxy) is 2. The highest BCUT2D eigenvalue weighted by Crippen LogP contribution is 2.21. The van der Waals surface area contributed by atoms with E-state index < -0.39 is 0 Å². The Hall–Kier alpha value is -2.88. The zero-order valence-electron chi connectivity index (χ0n) is 23.0. The zero-order valence-corrected chi connectivity index (χ0v) is 23.0. The Kier molecular flexibility index (Phi) is 15.9. The van der Waals surface area contributed by atoms with Crippen molar-refractivity contribution in [1.82, 2.24) is 0 Å². The van der Waals surface area contributed by atoms with Crippen molar-refractivity contribution in [2.75, 3.05) is 0 Å². The number of allylic oxidation sites excluding steroid dienone is 1. The predicted octanol–water partition coefficient (Wildman–Crippen LogP) is 8.67. The maximum atomic E-state index is 12.2. The quantitative estimate of drug-likeness (QED) is 0.195. The van der Waals surface area contributed by atoms with Gasteiger partial charge in [0, 0.05) is 6.42 Å². The standard InChI is InChI=1S/C21H24O4.C11H22/c1-3-10-19(25-21(23)18-13-8-5-9-14-18)15-16(2)24-20(22)17-11-6-4-7-12-17;1-5-10(6-2)9-11(7-3)8-4/h4-9,11-14,16,19H,3,10,15H2,1-2H3;5,10-11H,1,6-9H2,2-4H3. The van der Waals surface area contributed by atoms with E-state index in [1.165, 1.54) is 25.7 Å². The lowest BCUT2D eigenvalue weighted by Crippen LogP contribution is -2.25. The molecule has 2 rings (SSSR count). The number of hydrogen-bond donors (Lipinski definition) is 0. The predicted molar refractivity (Wildman–Crippen MR) is 149 cm³/mol. The van der Waals surface area contributed by atoms with E-state index >= 15 is 0 Å². The van der Waals surface area contributed by atoms with Gasteiger partial charge in [-0.25, -0.2) is 9.59 Å². The maximum absolute atomic E-state index is 12.2. The van der Waals surface area contributed by atoms with Crippen LogP contribution in [-0.2, 0) is 9.47 Å². The number of rotatable bonds is 14. The third-order valence-electron chi connectivity index (χ3n) is 6.45. The summed E-state index contributed by atoms with van der Waals surface area (Å²) in [6, 6.07) is 17.8. The Morgan fingerprint density at radius 1 is 0.778 bits per heavy atom. The number of carbonyl (C=O) groups excluding carboxylic acids is 2. The molecule has 0 spiro atoms. The van der Waals surface area contributed by atoms with Crippen molar-refractivity contribution in [2.24, 2.45) is 11.8 Å². The Bertz CT molecular complexity index is 858. The number of hydrogen-bond acceptors (Lipinski definition) is 4. The smallest absolute Gasteiger partial charge is 0.338 e. The molecule has 0 aliphatic rings. The summed E-state index contributed by atoms with van der Waals surface area (Å²) in [7, 11) is 0. The van der Waals surface area contributed by atoms with Crippen molar-refractivity contribution < 1.29 is 19.1 Å². The molecule has 2 aromatic rings. The van der Waals surface area contributed by atoms with Crippen LogP contribution < -0.4 is 0 Å². The summed E-state index contributed by atoms with van der Waals surface area (Å²) in [5.41, 5.74) is 1.04. The van der Waals surface area contributed by atoms with Gasteiger partial charge in [-0.2, -0.15) is 0 Å². The SMILES string of the molecule is C=CC(CC)CC(CC)CC.CCCC(CC(C)OC(=O)c1ccccc1)OC(=O)c1ccccc1. The number of carbonyl (C=O) groups is 2. The lowest BCUT2D eigenvalue weighted by atomic mass is 9.89. The van der Waals surface area contributed by atoms with Gasteiger partial charge in [0.05, 0.1) is 11.1 Å². The summed E-state index contributed by atoms with van der Waals surface area (Å²) in [4.78, 5) is 24.3. The van der Waals surface area contributed by atoms with Crippen molar-refractivity contribution >= 4 is 11.9 Å². The van der Waals surface area contributed by atoms with Crippen molar-refractivity contribution in [3.8, 4) is 0 Å². The first-order valence-electron chi connectivity index (χ1n) is 13.5. The van der Waals surface area contributed by atoms with Gasteiger partial charge in [0.25, 0.3) is 0 Å². The molecule has 0 aliphatic heterocycles. The molecule has 0 radical (unpaired) electrons. The lowest BCUT2D eigenvalue weighted by Gasteiger charge is -2.21. The van der Waals surface area contributed by atoms with Crippen LogP contribution >= 0.6 is 0 Å². The molecule has 36 heavy (non-hydrogen) atoms. The first kappa shape index (κ1) is 31.2. The molecule has 0 heterocycles. The van der Waals surface area contributed by atoms with Gasteiger partial charge in [-0.1, -0.05) is 89.4 Å². The van der Waals surface area contributed by atoms with E-state index in [-0.39, 0.29) is 24.1 Å². The van der Waals surface area contributed by atoms with Gasteiger partial charge in [0.15, 0.2) is 0 Å². The highest BCUT2D eigenvalue weighted by Gasteiger charge is 2.21. The van der Waals surface area contributed by atoms with Crippen LogP contribution in [0.2, 0.25) is 0 Å². The topological polar surface area (TPSA) is 52.6 Å². The van der Waals surface area contributed by atoms with E-state index in [4.69, 9.17) is 9.47 Å². The summed E-state index contributed by atoms with van der Waals surface area (Å²) in [6.07, 6.45) is 8.81. The summed E-state index contributed by atoms with van der Waals surface area (Å²) in [5, 5.41) is 0. The minimum absolute atomic E-state index is 0.281. The maximum Gasteiger partial charge on any atom is 0.338 e. The average molecular weight is 495 g/mol. The second-order valence-electron chi connectivity index (χ2n) is 9.32. The molecule has 0 saturated carbocycles. The molecule has 3 atom stereocenters. The van der Waals surface area contributed by atoms with Crippen molar-refractivity contribution in [2.45, 2.75) is 91.8 Å². The third kappa shape index (κ3) is 12.2. The summed E-state index contributed by atoms with van der Waals surface area (Å²) in [5.74, 6) is 0.955. The van der Waals surface area contributed by atoms with Crippen LogP contribution in [0.5, 0.6) is 0 Å². The molecule has 0 amide bonds. The van der Waals surface area contributed by atoms with Crippen molar-refractivity contribution in [3.63, 3.8) is 0 Å². The van der Waals surface area contributed by atoms with Crippen LogP contribution in [0.3, 0.4) is 0 Å². The molecule has 198 valence electrons. The molecule has 2 aromatic carbocycles. The largest absolute Gasteiger partial charge is 0.459 e. The molecule has 0 fully saturated rings. The van der Waals surface area contributed by atoms with Crippen molar-refractivity contribution in [1.29, 1.82) is 0 Å². The fourth-order valence-corrected chi connectivity index (χ4v) is 4.06. The van der Waals surface area contributed by atoms with E-state index in [0.29, 0.717) is 17.5 Å². The molecule has 3 unspecified atom stereocenters. The van der Waals surface area contributed by atoms with Crippen LogP contribution in [0.25, 0.3) is 0 Å². The third-order valence-corrected chi connectivity index (χ3v) is 6.45. The molecule has 0 bridgehead atoms. The van der Waals surface area contributed by atoms with E-state index in [0.717, 1.165) is 24.7 Å². The second kappa shape index (κ2) is 18.4. The van der Waals surface area contributed by atoms with E-state index in [9.17, 15) is 9.59 Å². The highest BCUT2D eigenvalue weighted by atomic mass is 16.6. The van der Waals surface area contributed by atoms with Crippen LogP contribution in [-0.4, -0.2) is 24.1 Å². The average Bonchev–Trinajstić information content (AvgIpc) is 2.91. The summed E-state index contributed by atoms with van der Waals surface area (Å²) in [6.45, 7) is 14.5. The van der Waals surface area contributed by atoms with Gasteiger partial charge in [-0.3, -0.25) is 0 Å². The molecular formula is C32H46O4. The molecular weight excluding hydrogens is 448 g/mol. The Balaban J connectivity index is 0.000000497. The number of esters is 2. The Labute approximate surface area is 219 Å². The first-order chi connectivity index (χ1) is 17.4. The van der Waals surface area contributed by atoms with Crippen LogP contribution in [0, 0.1) is 11.8 Å². The second-order valence-corrected chi connectivity index (χ2v) is 9.32. The normalized spacial score (nSPS) is 13.1. The van der Waals surface area contributed by atoms with Gasteiger partial charge in [0.2, 0.25) is 0 Å². The fourth-order valence-electron chi connectivity index (χ4n) is 4.06. The number of benzene rings is 2. The van der Waals surface area contributed by atoms with Crippen LogP contribution in [0.15, 0.2) is 73.3 Å².